The molecule has 1 atom stereocenters. The van der Waals surface area contributed by atoms with Gasteiger partial charge >= 0.3 is 5.97 Å². The first-order valence-electron chi connectivity index (χ1n) is 7.80. The number of ether oxygens (including phenoxy) is 2. The van der Waals surface area contributed by atoms with Crippen LogP contribution in [-0.4, -0.2) is 35.4 Å². The molecule has 5 nitrogen and oxygen atoms in total. The molecule has 1 fully saturated rings. The van der Waals surface area contributed by atoms with Crippen molar-refractivity contribution < 1.29 is 23.8 Å². The van der Waals surface area contributed by atoms with Crippen LogP contribution in [0.3, 0.4) is 0 Å². The van der Waals surface area contributed by atoms with E-state index in [-0.39, 0.29) is 11.8 Å². The van der Waals surface area contributed by atoms with Gasteiger partial charge < -0.3 is 14.6 Å². The number of hydrogen-bond acceptors (Lipinski definition) is 4. The first-order valence-corrected chi connectivity index (χ1v) is 7.80. The Morgan fingerprint density at radius 1 is 1.42 bits per heavy atom. The van der Waals surface area contributed by atoms with Gasteiger partial charge in [-0.3, -0.25) is 0 Å². The average Bonchev–Trinajstić information content (AvgIpc) is 3.07. The van der Waals surface area contributed by atoms with Gasteiger partial charge in [-0.05, 0) is 49.6 Å². The van der Waals surface area contributed by atoms with E-state index in [2.05, 4.69) is 4.98 Å². The van der Waals surface area contributed by atoms with Crippen LogP contribution < -0.4 is 4.74 Å². The lowest BCUT2D eigenvalue weighted by Crippen LogP contribution is -2.16. The van der Waals surface area contributed by atoms with Gasteiger partial charge in [0.25, 0.3) is 0 Å². The smallest absolute Gasteiger partial charge is 0.354 e. The third-order valence-corrected chi connectivity index (χ3v) is 3.96. The molecule has 1 aromatic heterocycles. The van der Waals surface area contributed by atoms with Crippen LogP contribution in [0.4, 0.5) is 4.39 Å². The lowest BCUT2D eigenvalue weighted by Gasteiger charge is -2.16. The van der Waals surface area contributed by atoms with Gasteiger partial charge in [-0.25, -0.2) is 14.2 Å². The Kier molecular flexibility index (Phi) is 4.76. The first-order chi connectivity index (χ1) is 11.5. The molecule has 126 valence electrons. The van der Waals surface area contributed by atoms with Crippen LogP contribution in [0.2, 0.25) is 0 Å². The zero-order valence-electron chi connectivity index (χ0n) is 13.3. The molecular formula is C18H18FNO4. The molecule has 2 heterocycles. The van der Waals surface area contributed by atoms with Crippen molar-refractivity contribution in [2.24, 2.45) is 0 Å². The lowest BCUT2D eigenvalue weighted by atomic mass is 10.0. The van der Waals surface area contributed by atoms with Gasteiger partial charge in [-0.15, -0.1) is 0 Å². The minimum atomic E-state index is -1.13. The number of pyridine rings is 1. The number of rotatable bonds is 5. The summed E-state index contributed by atoms with van der Waals surface area (Å²) in [6.07, 6.45) is 1.97. The summed E-state index contributed by atoms with van der Waals surface area (Å²) in [6, 6.07) is 7.23. The molecule has 1 aromatic carbocycles. The summed E-state index contributed by atoms with van der Waals surface area (Å²) in [6.45, 7) is 2.89. The SMILES string of the molecule is Cc1ccc(C(=O)O)nc1-c1cc(F)ccc1OCC1CCCO1. The molecule has 0 aliphatic carbocycles. The van der Waals surface area contributed by atoms with Gasteiger partial charge in [0.05, 0.1) is 11.8 Å². The molecule has 2 aromatic rings. The van der Waals surface area contributed by atoms with E-state index in [0.717, 1.165) is 25.0 Å². The molecule has 0 bridgehead atoms. The van der Waals surface area contributed by atoms with Crippen molar-refractivity contribution in [3.8, 4) is 17.0 Å². The maximum absolute atomic E-state index is 13.7. The zero-order chi connectivity index (χ0) is 17.1. The molecule has 3 rings (SSSR count). The van der Waals surface area contributed by atoms with Crippen molar-refractivity contribution in [2.45, 2.75) is 25.9 Å². The van der Waals surface area contributed by atoms with E-state index in [1.54, 1.807) is 13.0 Å². The fourth-order valence-electron chi connectivity index (χ4n) is 2.69. The summed E-state index contributed by atoms with van der Waals surface area (Å²) in [7, 11) is 0. The van der Waals surface area contributed by atoms with Crippen molar-refractivity contribution in [1.82, 2.24) is 4.98 Å². The van der Waals surface area contributed by atoms with Crippen LogP contribution in [0.1, 0.15) is 28.9 Å². The van der Waals surface area contributed by atoms with Crippen molar-refractivity contribution >= 4 is 5.97 Å². The first kappa shape index (κ1) is 16.4. The molecule has 24 heavy (non-hydrogen) atoms. The molecule has 1 unspecified atom stereocenters. The van der Waals surface area contributed by atoms with Crippen LogP contribution in [0.5, 0.6) is 5.75 Å². The second-order valence-electron chi connectivity index (χ2n) is 5.75. The molecule has 0 amide bonds. The number of hydrogen-bond donors (Lipinski definition) is 1. The van der Waals surface area contributed by atoms with Crippen LogP contribution in [0, 0.1) is 12.7 Å². The standard InChI is InChI=1S/C18H18FNO4/c1-11-4-6-15(18(21)22)20-17(11)14-9-12(19)5-7-16(14)24-10-13-3-2-8-23-13/h4-7,9,13H,2-3,8,10H2,1H3,(H,21,22). The highest BCUT2D eigenvalue weighted by atomic mass is 19.1. The van der Waals surface area contributed by atoms with E-state index in [4.69, 9.17) is 14.6 Å². The quantitative estimate of drug-likeness (QED) is 0.909. The normalized spacial score (nSPS) is 17.0. The minimum absolute atomic E-state index is 0.0299. The van der Waals surface area contributed by atoms with Gasteiger partial charge in [0, 0.05) is 12.2 Å². The number of aryl methyl sites for hydroxylation is 1. The third-order valence-electron chi connectivity index (χ3n) is 3.96. The van der Waals surface area contributed by atoms with Crippen molar-refractivity contribution in [1.29, 1.82) is 0 Å². The summed E-state index contributed by atoms with van der Waals surface area (Å²) in [5, 5.41) is 9.13. The van der Waals surface area contributed by atoms with Crippen LogP contribution in [0.25, 0.3) is 11.3 Å². The Hall–Kier alpha value is -2.47. The summed E-state index contributed by atoms with van der Waals surface area (Å²) in [4.78, 5) is 15.3. The molecule has 1 saturated heterocycles. The molecule has 1 N–H and O–H groups in total. The van der Waals surface area contributed by atoms with E-state index < -0.39 is 11.8 Å². The van der Waals surface area contributed by atoms with E-state index in [9.17, 15) is 9.18 Å². The van der Waals surface area contributed by atoms with Gasteiger partial charge in [0.2, 0.25) is 0 Å². The number of aromatic nitrogens is 1. The monoisotopic (exact) mass is 331 g/mol. The van der Waals surface area contributed by atoms with Crippen LogP contribution >= 0.6 is 0 Å². The fourth-order valence-corrected chi connectivity index (χ4v) is 2.69. The number of halogens is 1. The van der Waals surface area contributed by atoms with Gasteiger partial charge in [0.1, 0.15) is 23.9 Å². The highest BCUT2D eigenvalue weighted by Gasteiger charge is 2.19. The van der Waals surface area contributed by atoms with E-state index >= 15 is 0 Å². The zero-order valence-corrected chi connectivity index (χ0v) is 13.3. The van der Waals surface area contributed by atoms with Crippen LogP contribution in [-0.2, 0) is 4.74 Å². The fraction of sp³-hybridized carbons (Fsp3) is 0.333. The Labute approximate surface area is 139 Å². The highest BCUT2D eigenvalue weighted by molar-refractivity contribution is 5.86. The number of carboxylic acid groups (broad SMARTS) is 1. The highest BCUT2D eigenvalue weighted by Crippen LogP contribution is 2.32. The van der Waals surface area contributed by atoms with Crippen LogP contribution in [0.15, 0.2) is 30.3 Å². The van der Waals surface area contributed by atoms with Crippen molar-refractivity contribution in [2.75, 3.05) is 13.2 Å². The summed E-state index contributed by atoms with van der Waals surface area (Å²) in [5.74, 6) is -1.10. The van der Waals surface area contributed by atoms with Crippen molar-refractivity contribution in [3.63, 3.8) is 0 Å². The van der Waals surface area contributed by atoms with Gasteiger partial charge in [-0.1, -0.05) is 6.07 Å². The number of nitrogens with zero attached hydrogens (tertiary/aromatic N) is 1. The third kappa shape index (κ3) is 3.54. The van der Waals surface area contributed by atoms with Gasteiger partial charge in [0.15, 0.2) is 0 Å². The number of benzene rings is 1. The Morgan fingerprint density at radius 2 is 2.25 bits per heavy atom. The maximum Gasteiger partial charge on any atom is 0.354 e. The largest absolute Gasteiger partial charge is 0.490 e. The van der Waals surface area contributed by atoms with E-state index in [1.807, 2.05) is 0 Å². The Balaban J connectivity index is 1.95. The second-order valence-corrected chi connectivity index (χ2v) is 5.75. The predicted octanol–water partition coefficient (Wildman–Crippen LogP) is 3.45. The molecular weight excluding hydrogens is 313 g/mol. The van der Waals surface area contributed by atoms with E-state index in [0.29, 0.717) is 23.6 Å². The van der Waals surface area contributed by atoms with Gasteiger partial charge in [-0.2, -0.15) is 0 Å². The minimum Gasteiger partial charge on any atom is -0.490 e. The molecule has 0 radical (unpaired) electrons. The predicted molar refractivity (Wildman–Crippen MR) is 85.8 cm³/mol. The topological polar surface area (TPSA) is 68.7 Å². The summed E-state index contributed by atoms with van der Waals surface area (Å²) < 4.78 is 25.1. The number of carboxylic acids is 1. The number of carbonyl (C=O) groups is 1. The number of aromatic carboxylic acids is 1. The second kappa shape index (κ2) is 6.97. The van der Waals surface area contributed by atoms with Crippen molar-refractivity contribution in [3.05, 3.63) is 47.4 Å². The molecule has 1 aliphatic rings. The summed E-state index contributed by atoms with van der Waals surface area (Å²) >= 11 is 0. The average molecular weight is 331 g/mol. The molecule has 6 heteroatoms. The van der Waals surface area contributed by atoms with E-state index in [1.165, 1.54) is 24.3 Å². The summed E-state index contributed by atoms with van der Waals surface area (Å²) in [5.41, 5.74) is 1.49. The molecule has 0 saturated carbocycles. The molecule has 0 spiro atoms. The maximum atomic E-state index is 13.7. The Morgan fingerprint density at radius 3 is 2.96 bits per heavy atom. The Bertz CT molecular complexity index is 757. The lowest BCUT2D eigenvalue weighted by molar-refractivity contribution is 0.0681. The molecule has 1 aliphatic heterocycles.